The first-order valence-electron chi connectivity index (χ1n) is 5.06. The minimum Gasteiger partial charge on any atom is -0.379 e. The summed E-state index contributed by atoms with van der Waals surface area (Å²) in [5.41, 5.74) is 0. The molecule has 0 bridgehead atoms. The SMILES string of the molecule is C=CS(=O)(=O)CCOCCN1C(=O)C=CC1O. The average molecular weight is 261 g/mol. The summed E-state index contributed by atoms with van der Waals surface area (Å²) in [5.74, 6) is -0.412. The predicted octanol–water partition coefficient (Wildman–Crippen LogP) is -0.722. The van der Waals surface area contributed by atoms with Crippen molar-refractivity contribution in [2.45, 2.75) is 6.23 Å². The fraction of sp³-hybridized carbons (Fsp3) is 0.500. The summed E-state index contributed by atoms with van der Waals surface area (Å²) in [7, 11) is -3.24. The van der Waals surface area contributed by atoms with Crippen LogP contribution in [-0.2, 0) is 19.4 Å². The van der Waals surface area contributed by atoms with Gasteiger partial charge < -0.3 is 14.7 Å². The number of carbonyl (C=O) groups is 1. The number of amides is 1. The first kappa shape index (κ1) is 13.9. The molecule has 1 aliphatic rings. The minimum atomic E-state index is -3.24. The Bertz CT molecular complexity index is 414. The van der Waals surface area contributed by atoms with Crippen LogP contribution in [-0.4, -0.2) is 56.1 Å². The Balaban J connectivity index is 2.17. The van der Waals surface area contributed by atoms with Gasteiger partial charge in [0.05, 0.1) is 19.0 Å². The van der Waals surface area contributed by atoms with E-state index in [1.54, 1.807) is 0 Å². The van der Waals surface area contributed by atoms with Crippen molar-refractivity contribution in [3.63, 3.8) is 0 Å². The molecule has 1 unspecified atom stereocenters. The van der Waals surface area contributed by atoms with Crippen LogP contribution in [0, 0.1) is 0 Å². The minimum absolute atomic E-state index is 0.0416. The van der Waals surface area contributed by atoms with E-state index in [0.717, 1.165) is 5.41 Å². The second kappa shape index (κ2) is 5.95. The maximum Gasteiger partial charge on any atom is 0.248 e. The summed E-state index contributed by atoms with van der Waals surface area (Å²) in [6.07, 6.45) is 1.75. The number of nitrogens with zero attached hydrogens (tertiary/aromatic N) is 1. The van der Waals surface area contributed by atoms with Crippen molar-refractivity contribution < 1.29 is 23.1 Å². The molecule has 0 aromatic carbocycles. The van der Waals surface area contributed by atoms with Crippen molar-refractivity contribution >= 4 is 15.7 Å². The van der Waals surface area contributed by atoms with Gasteiger partial charge in [0.15, 0.2) is 9.84 Å². The van der Waals surface area contributed by atoms with Gasteiger partial charge in [-0.15, -0.1) is 0 Å². The van der Waals surface area contributed by atoms with Crippen LogP contribution in [0.5, 0.6) is 0 Å². The lowest BCUT2D eigenvalue weighted by atomic mass is 10.5. The standard InChI is InChI=1S/C10H15NO5S/c1-2-17(14,15)8-7-16-6-5-11-9(12)3-4-10(11)13/h2-4,9,12H,1,5-8H2. The average Bonchev–Trinajstić information content (AvgIpc) is 2.59. The maximum atomic E-state index is 11.2. The van der Waals surface area contributed by atoms with Gasteiger partial charge in [0, 0.05) is 18.0 Å². The van der Waals surface area contributed by atoms with Crippen LogP contribution in [0.2, 0.25) is 0 Å². The molecule has 0 saturated carbocycles. The summed E-state index contributed by atoms with van der Waals surface area (Å²) in [5, 5.41) is 10.2. The summed E-state index contributed by atoms with van der Waals surface area (Å²) in [4.78, 5) is 12.4. The molecular weight excluding hydrogens is 246 g/mol. The molecule has 1 aliphatic heterocycles. The molecule has 0 aliphatic carbocycles. The van der Waals surface area contributed by atoms with Crippen LogP contribution in [0.3, 0.4) is 0 Å². The molecule has 0 aromatic rings. The molecule has 6 nitrogen and oxygen atoms in total. The Labute approximate surface area is 100 Å². The molecule has 0 radical (unpaired) electrons. The van der Waals surface area contributed by atoms with Gasteiger partial charge in [-0.3, -0.25) is 4.79 Å². The van der Waals surface area contributed by atoms with Crippen LogP contribution in [0.25, 0.3) is 0 Å². The number of sulfone groups is 1. The maximum absolute atomic E-state index is 11.2. The van der Waals surface area contributed by atoms with Gasteiger partial charge in [-0.05, 0) is 6.08 Å². The predicted molar refractivity (Wildman–Crippen MR) is 61.7 cm³/mol. The second-order valence-corrected chi connectivity index (χ2v) is 5.52. The number of hydrogen-bond acceptors (Lipinski definition) is 5. The van der Waals surface area contributed by atoms with Crippen molar-refractivity contribution in [1.82, 2.24) is 4.90 Å². The molecule has 1 atom stereocenters. The van der Waals surface area contributed by atoms with Crippen LogP contribution in [0.15, 0.2) is 24.1 Å². The highest BCUT2D eigenvalue weighted by atomic mass is 32.2. The van der Waals surface area contributed by atoms with Crippen molar-refractivity contribution in [2.24, 2.45) is 0 Å². The van der Waals surface area contributed by atoms with E-state index in [-0.39, 0.29) is 31.4 Å². The van der Waals surface area contributed by atoms with Crippen LogP contribution in [0.1, 0.15) is 0 Å². The Morgan fingerprint density at radius 3 is 2.76 bits per heavy atom. The Morgan fingerprint density at radius 1 is 1.53 bits per heavy atom. The number of hydrogen-bond donors (Lipinski definition) is 1. The van der Waals surface area contributed by atoms with E-state index < -0.39 is 16.1 Å². The van der Waals surface area contributed by atoms with E-state index >= 15 is 0 Å². The quantitative estimate of drug-likeness (QED) is 0.611. The number of ether oxygens (including phenoxy) is 1. The van der Waals surface area contributed by atoms with Gasteiger partial charge in [-0.1, -0.05) is 6.58 Å². The molecule has 7 heteroatoms. The zero-order valence-corrected chi connectivity index (χ0v) is 10.1. The molecule has 1 heterocycles. The third-order valence-electron chi connectivity index (χ3n) is 2.26. The third kappa shape index (κ3) is 4.29. The van der Waals surface area contributed by atoms with Gasteiger partial charge in [0.2, 0.25) is 5.91 Å². The van der Waals surface area contributed by atoms with E-state index in [1.807, 2.05) is 0 Å². The number of rotatable bonds is 7. The molecule has 0 saturated heterocycles. The van der Waals surface area contributed by atoms with Crippen LogP contribution in [0.4, 0.5) is 0 Å². The van der Waals surface area contributed by atoms with Gasteiger partial charge in [-0.25, -0.2) is 8.42 Å². The second-order valence-electron chi connectivity index (χ2n) is 3.45. The molecule has 0 fully saturated rings. The van der Waals surface area contributed by atoms with Crippen molar-refractivity contribution in [2.75, 3.05) is 25.5 Å². The van der Waals surface area contributed by atoms with Crippen molar-refractivity contribution in [3.05, 3.63) is 24.1 Å². The van der Waals surface area contributed by atoms with E-state index in [1.165, 1.54) is 17.1 Å². The molecule has 17 heavy (non-hydrogen) atoms. The first-order chi connectivity index (χ1) is 7.96. The molecule has 1 N–H and O–H groups in total. The summed E-state index contributed by atoms with van der Waals surface area (Å²) < 4.78 is 27.1. The zero-order valence-electron chi connectivity index (χ0n) is 9.28. The Hall–Kier alpha value is -1.18. The molecule has 1 rings (SSSR count). The Morgan fingerprint density at radius 2 is 2.24 bits per heavy atom. The molecule has 96 valence electrons. The third-order valence-corrected chi connectivity index (χ3v) is 3.50. The number of carbonyl (C=O) groups excluding carboxylic acids is 1. The number of aliphatic hydroxyl groups excluding tert-OH is 1. The summed E-state index contributed by atoms with van der Waals surface area (Å²) in [6.45, 7) is 3.62. The van der Waals surface area contributed by atoms with E-state index in [9.17, 15) is 18.3 Å². The van der Waals surface area contributed by atoms with Gasteiger partial charge in [0.1, 0.15) is 6.23 Å². The largest absolute Gasteiger partial charge is 0.379 e. The first-order valence-corrected chi connectivity index (χ1v) is 6.77. The monoisotopic (exact) mass is 261 g/mol. The topological polar surface area (TPSA) is 83.9 Å². The zero-order chi connectivity index (χ0) is 12.9. The summed E-state index contributed by atoms with van der Waals surface area (Å²) in [6, 6.07) is 0. The van der Waals surface area contributed by atoms with Gasteiger partial charge in [-0.2, -0.15) is 0 Å². The van der Waals surface area contributed by atoms with Crippen molar-refractivity contribution in [1.29, 1.82) is 0 Å². The highest BCUT2D eigenvalue weighted by Gasteiger charge is 2.22. The molecule has 0 aromatic heterocycles. The number of aliphatic hydroxyl groups is 1. The molecule has 0 spiro atoms. The van der Waals surface area contributed by atoms with E-state index in [4.69, 9.17) is 4.74 Å². The lowest BCUT2D eigenvalue weighted by Crippen LogP contribution is -2.36. The lowest BCUT2D eigenvalue weighted by molar-refractivity contribution is -0.131. The highest BCUT2D eigenvalue weighted by molar-refractivity contribution is 7.94. The van der Waals surface area contributed by atoms with E-state index in [0.29, 0.717) is 0 Å². The highest BCUT2D eigenvalue weighted by Crippen LogP contribution is 2.07. The molecule has 1 amide bonds. The van der Waals surface area contributed by atoms with Crippen LogP contribution >= 0.6 is 0 Å². The van der Waals surface area contributed by atoms with Crippen LogP contribution < -0.4 is 0 Å². The van der Waals surface area contributed by atoms with Crippen molar-refractivity contribution in [3.8, 4) is 0 Å². The fourth-order valence-electron chi connectivity index (χ4n) is 1.26. The smallest absolute Gasteiger partial charge is 0.248 e. The van der Waals surface area contributed by atoms with E-state index in [2.05, 4.69) is 6.58 Å². The normalized spacial score (nSPS) is 19.9. The van der Waals surface area contributed by atoms with Gasteiger partial charge in [0.25, 0.3) is 0 Å². The fourth-order valence-corrected chi connectivity index (χ4v) is 1.78. The van der Waals surface area contributed by atoms with Gasteiger partial charge >= 0.3 is 0 Å². The summed E-state index contributed by atoms with van der Waals surface area (Å²) >= 11 is 0. The Kier molecular flexibility index (Phi) is 4.86. The molecular formula is C10H15NO5S. The lowest BCUT2D eigenvalue weighted by Gasteiger charge is -2.19.